The summed E-state index contributed by atoms with van der Waals surface area (Å²) < 4.78 is 0. The maximum absolute atomic E-state index is 5.60. The quantitative estimate of drug-likeness (QED) is 0.337. The van der Waals surface area contributed by atoms with Crippen LogP contribution in [0.2, 0.25) is 0 Å². The molecule has 0 aromatic rings. The zero-order valence-electron chi connectivity index (χ0n) is 12.6. The van der Waals surface area contributed by atoms with E-state index in [-0.39, 0.29) is 32.2 Å². The maximum Gasteiger partial charge on any atom is 3.00 e. The van der Waals surface area contributed by atoms with E-state index in [1.54, 1.807) is 0 Å². The topological polar surface area (TPSA) is 0 Å². The summed E-state index contributed by atoms with van der Waals surface area (Å²) in [7, 11) is 0. The number of hydrogen-bond acceptors (Lipinski definition) is 0. The molecule has 0 aromatic heterocycles. The SMILES string of the molecule is [Al+3].[CH-]=C(C)CC/C=C(\C)CCC=C(C)C.[CH3-].[CH3-]. The monoisotopic (exact) mass is 248 g/mol. The van der Waals surface area contributed by atoms with Gasteiger partial charge in [0.25, 0.3) is 0 Å². The summed E-state index contributed by atoms with van der Waals surface area (Å²) in [6.45, 7) is 14.1. The molecule has 17 heavy (non-hydrogen) atoms. The first kappa shape index (κ1) is 25.6. The number of rotatable bonds is 6. The van der Waals surface area contributed by atoms with Gasteiger partial charge in [-0.25, -0.2) is 0 Å². The van der Waals surface area contributed by atoms with Gasteiger partial charge >= 0.3 is 17.4 Å². The Morgan fingerprint density at radius 3 is 1.76 bits per heavy atom. The zero-order chi connectivity index (χ0) is 11.0. The third-order valence-corrected chi connectivity index (χ3v) is 2.12. The maximum atomic E-state index is 5.60. The molecule has 0 fully saturated rings. The van der Waals surface area contributed by atoms with E-state index in [9.17, 15) is 0 Å². The number of allylic oxidation sites excluding steroid dienone is 5. The third-order valence-electron chi connectivity index (χ3n) is 2.12. The fraction of sp³-hybridized carbons (Fsp3) is 0.500. The van der Waals surface area contributed by atoms with Crippen molar-refractivity contribution in [3.63, 3.8) is 0 Å². The fourth-order valence-corrected chi connectivity index (χ4v) is 1.24. The van der Waals surface area contributed by atoms with Crippen molar-refractivity contribution in [1.82, 2.24) is 0 Å². The molecule has 0 nitrogen and oxygen atoms in total. The van der Waals surface area contributed by atoms with Gasteiger partial charge < -0.3 is 21.4 Å². The molecule has 0 amide bonds. The second-order valence-corrected chi connectivity index (χ2v) is 4.26. The van der Waals surface area contributed by atoms with Crippen LogP contribution in [0.5, 0.6) is 0 Å². The first-order chi connectivity index (χ1) is 6.52. The van der Waals surface area contributed by atoms with Gasteiger partial charge in [-0.15, -0.1) is 0 Å². The second-order valence-electron chi connectivity index (χ2n) is 4.26. The van der Waals surface area contributed by atoms with Gasteiger partial charge in [-0.1, -0.05) is 36.6 Å². The summed E-state index contributed by atoms with van der Waals surface area (Å²) >= 11 is 0. The Kier molecular flexibility index (Phi) is 23.7. The Balaban J connectivity index is -0.000000282. The van der Waals surface area contributed by atoms with Crippen LogP contribution in [0.25, 0.3) is 0 Å². The molecular weight excluding hydrogens is 219 g/mol. The minimum atomic E-state index is 0. The van der Waals surface area contributed by atoms with E-state index in [4.69, 9.17) is 6.58 Å². The second kappa shape index (κ2) is 15.8. The van der Waals surface area contributed by atoms with Gasteiger partial charge in [0.2, 0.25) is 0 Å². The molecule has 0 aliphatic heterocycles. The Hall–Kier alpha value is -0.248. The molecule has 0 unspecified atom stereocenters. The summed E-state index contributed by atoms with van der Waals surface area (Å²) in [5.74, 6) is 0. The van der Waals surface area contributed by atoms with Crippen LogP contribution in [0, 0.1) is 21.4 Å². The van der Waals surface area contributed by atoms with Crippen molar-refractivity contribution >= 4 is 17.4 Å². The van der Waals surface area contributed by atoms with Gasteiger partial charge in [0.05, 0.1) is 0 Å². The first-order valence-corrected chi connectivity index (χ1v) is 5.39. The fourth-order valence-electron chi connectivity index (χ4n) is 1.24. The Labute approximate surface area is 121 Å². The average Bonchev–Trinajstić information content (AvgIpc) is 2.02. The molecule has 0 heterocycles. The van der Waals surface area contributed by atoms with Crippen molar-refractivity contribution in [3.05, 3.63) is 50.3 Å². The van der Waals surface area contributed by atoms with Gasteiger partial charge in [0, 0.05) is 0 Å². The largest absolute Gasteiger partial charge is 3.00 e. The van der Waals surface area contributed by atoms with Crippen molar-refractivity contribution in [2.75, 3.05) is 0 Å². The Morgan fingerprint density at radius 2 is 1.35 bits per heavy atom. The van der Waals surface area contributed by atoms with Crippen molar-refractivity contribution in [2.24, 2.45) is 0 Å². The molecule has 0 saturated heterocycles. The molecule has 0 rings (SSSR count). The Bertz CT molecular complexity index is 230. The molecule has 0 bridgehead atoms. The van der Waals surface area contributed by atoms with E-state index in [1.807, 2.05) is 6.92 Å². The van der Waals surface area contributed by atoms with E-state index in [0.29, 0.717) is 0 Å². The van der Waals surface area contributed by atoms with E-state index in [0.717, 1.165) is 24.8 Å². The third kappa shape index (κ3) is 21.6. The van der Waals surface area contributed by atoms with E-state index < -0.39 is 0 Å². The van der Waals surface area contributed by atoms with Crippen molar-refractivity contribution < 1.29 is 0 Å². The summed E-state index contributed by atoms with van der Waals surface area (Å²) in [5.41, 5.74) is 3.91. The first-order valence-electron chi connectivity index (χ1n) is 5.39. The van der Waals surface area contributed by atoms with Crippen LogP contribution < -0.4 is 0 Å². The van der Waals surface area contributed by atoms with Crippen LogP contribution in [0.1, 0.15) is 53.4 Å². The molecule has 0 aliphatic carbocycles. The van der Waals surface area contributed by atoms with Gasteiger partial charge in [-0.3, -0.25) is 5.57 Å². The van der Waals surface area contributed by atoms with Gasteiger partial charge in [0.15, 0.2) is 0 Å². The molecule has 96 valence electrons. The van der Waals surface area contributed by atoms with Crippen LogP contribution in [-0.4, -0.2) is 17.4 Å². The van der Waals surface area contributed by atoms with Gasteiger partial charge in [-0.05, 0) is 40.0 Å². The Morgan fingerprint density at radius 1 is 0.882 bits per heavy atom. The van der Waals surface area contributed by atoms with E-state index >= 15 is 0 Å². The number of hydrogen-bond donors (Lipinski definition) is 0. The summed E-state index contributed by atoms with van der Waals surface area (Å²) in [4.78, 5) is 0. The molecule has 0 spiro atoms. The predicted octanol–water partition coefficient (Wildman–Crippen LogP) is 5.36. The van der Waals surface area contributed by atoms with Crippen LogP contribution in [0.15, 0.2) is 28.9 Å². The summed E-state index contributed by atoms with van der Waals surface area (Å²) in [6, 6.07) is 0. The molecule has 0 aromatic carbocycles. The van der Waals surface area contributed by atoms with Crippen molar-refractivity contribution in [3.8, 4) is 0 Å². The van der Waals surface area contributed by atoms with Crippen LogP contribution >= 0.6 is 0 Å². The molecule has 0 saturated carbocycles. The normalized spacial score (nSPS) is 9.29. The molecule has 0 aliphatic rings. The predicted molar refractivity (Wildman–Crippen MR) is 83.7 cm³/mol. The zero-order valence-corrected chi connectivity index (χ0v) is 13.8. The van der Waals surface area contributed by atoms with Gasteiger partial charge in [-0.2, -0.15) is 0 Å². The minimum Gasteiger partial charge on any atom is -0.515 e. The molecule has 0 atom stereocenters. The molecule has 0 radical (unpaired) electrons. The van der Waals surface area contributed by atoms with Crippen LogP contribution in [0.3, 0.4) is 0 Å². The molecular formula is C16H29Al. The molecule has 1 heteroatoms. The summed E-state index contributed by atoms with van der Waals surface area (Å²) in [6.07, 6.45) is 9.03. The smallest absolute Gasteiger partial charge is 0.515 e. The van der Waals surface area contributed by atoms with E-state index in [1.165, 1.54) is 17.6 Å². The van der Waals surface area contributed by atoms with E-state index in [2.05, 4.69) is 32.9 Å². The molecule has 0 N–H and O–H groups in total. The van der Waals surface area contributed by atoms with Crippen LogP contribution in [-0.2, 0) is 0 Å². The van der Waals surface area contributed by atoms with Crippen molar-refractivity contribution in [2.45, 2.75) is 53.4 Å². The van der Waals surface area contributed by atoms with Crippen molar-refractivity contribution in [1.29, 1.82) is 0 Å². The van der Waals surface area contributed by atoms with Gasteiger partial charge in [0.1, 0.15) is 0 Å². The summed E-state index contributed by atoms with van der Waals surface area (Å²) in [5, 5.41) is 0. The van der Waals surface area contributed by atoms with Crippen LogP contribution in [0.4, 0.5) is 0 Å². The minimum absolute atomic E-state index is 0. The standard InChI is InChI=1S/C14H23.2CH3.Al/c1-12(2)8-6-10-14(5)11-7-9-13(3)4;;;/h1,9-10H,6-8,11H2,2-5H3;2*1H3;/q3*-1;+3/b14-10+;;;. The average molecular weight is 248 g/mol.